The van der Waals surface area contributed by atoms with Gasteiger partial charge in [0.05, 0.1) is 6.10 Å². The van der Waals surface area contributed by atoms with Crippen LogP contribution in [0.1, 0.15) is 25.0 Å². The SMILES string of the molecule is N/C(=N/O)c1ncccc1OCC1CCCCO1. The first-order valence-electron chi connectivity index (χ1n) is 5.98. The lowest BCUT2D eigenvalue weighted by Gasteiger charge is -2.22. The number of hydrogen-bond donors (Lipinski definition) is 2. The molecule has 18 heavy (non-hydrogen) atoms. The third-order valence-electron chi connectivity index (χ3n) is 2.82. The number of aromatic nitrogens is 1. The minimum Gasteiger partial charge on any atom is -0.488 e. The summed E-state index contributed by atoms with van der Waals surface area (Å²) in [6.07, 6.45) is 4.95. The first-order chi connectivity index (χ1) is 8.81. The highest BCUT2D eigenvalue weighted by atomic mass is 16.5. The molecule has 0 bridgehead atoms. The summed E-state index contributed by atoms with van der Waals surface area (Å²) in [5, 5.41) is 11.6. The second kappa shape index (κ2) is 6.20. The van der Waals surface area contributed by atoms with E-state index >= 15 is 0 Å². The maximum Gasteiger partial charge on any atom is 0.192 e. The number of ether oxygens (including phenoxy) is 2. The molecule has 2 rings (SSSR count). The molecule has 1 fully saturated rings. The Hall–Kier alpha value is -1.82. The van der Waals surface area contributed by atoms with Gasteiger partial charge >= 0.3 is 0 Å². The van der Waals surface area contributed by atoms with Crippen LogP contribution in [0, 0.1) is 0 Å². The molecule has 3 N–H and O–H groups in total. The monoisotopic (exact) mass is 251 g/mol. The first-order valence-corrected chi connectivity index (χ1v) is 5.98. The Morgan fingerprint density at radius 1 is 1.61 bits per heavy atom. The molecule has 6 nitrogen and oxygen atoms in total. The first kappa shape index (κ1) is 12.6. The van der Waals surface area contributed by atoms with Crippen LogP contribution in [0.3, 0.4) is 0 Å². The van der Waals surface area contributed by atoms with Crippen LogP contribution in [0.15, 0.2) is 23.5 Å². The zero-order chi connectivity index (χ0) is 12.8. The summed E-state index contributed by atoms with van der Waals surface area (Å²) in [5.74, 6) is 0.442. The standard InChI is InChI=1S/C12H17N3O3/c13-12(15-16)11-10(5-3-6-14-11)18-8-9-4-1-2-7-17-9/h3,5-6,9,16H,1-2,4,7-8H2,(H2,13,15). The van der Waals surface area contributed by atoms with E-state index in [1.54, 1.807) is 18.3 Å². The van der Waals surface area contributed by atoms with Crippen molar-refractivity contribution in [2.24, 2.45) is 10.9 Å². The van der Waals surface area contributed by atoms with Crippen molar-refractivity contribution in [1.82, 2.24) is 4.98 Å². The molecule has 6 heteroatoms. The average Bonchev–Trinajstić information content (AvgIpc) is 2.45. The molecular formula is C12H17N3O3. The fourth-order valence-corrected chi connectivity index (χ4v) is 1.87. The fraction of sp³-hybridized carbons (Fsp3) is 0.500. The van der Waals surface area contributed by atoms with Crippen LogP contribution in [-0.4, -0.2) is 35.3 Å². The minimum atomic E-state index is -0.0600. The third-order valence-corrected chi connectivity index (χ3v) is 2.82. The summed E-state index contributed by atoms with van der Waals surface area (Å²) in [4.78, 5) is 4.03. The van der Waals surface area contributed by atoms with E-state index in [1.165, 1.54) is 0 Å². The Bertz CT molecular complexity index is 417. The smallest absolute Gasteiger partial charge is 0.192 e. The van der Waals surface area contributed by atoms with Gasteiger partial charge in [-0.3, -0.25) is 0 Å². The van der Waals surface area contributed by atoms with E-state index in [0.717, 1.165) is 25.9 Å². The summed E-state index contributed by atoms with van der Waals surface area (Å²) in [6.45, 7) is 1.24. The molecule has 1 aromatic rings. The van der Waals surface area contributed by atoms with Gasteiger partial charge in [0.15, 0.2) is 11.5 Å². The van der Waals surface area contributed by atoms with Crippen LogP contribution in [0.25, 0.3) is 0 Å². The molecule has 98 valence electrons. The van der Waals surface area contributed by atoms with Crippen molar-refractivity contribution >= 4 is 5.84 Å². The maximum atomic E-state index is 8.67. The molecule has 2 heterocycles. The average molecular weight is 251 g/mol. The number of rotatable bonds is 4. The number of amidine groups is 1. The van der Waals surface area contributed by atoms with Crippen molar-refractivity contribution in [3.8, 4) is 5.75 Å². The summed E-state index contributed by atoms with van der Waals surface area (Å²) >= 11 is 0. The normalized spacial score (nSPS) is 20.7. The topological polar surface area (TPSA) is 90.0 Å². The molecule has 1 saturated heterocycles. The van der Waals surface area contributed by atoms with Crippen LogP contribution >= 0.6 is 0 Å². The highest BCUT2D eigenvalue weighted by Crippen LogP contribution is 2.18. The van der Waals surface area contributed by atoms with Gasteiger partial charge in [0.25, 0.3) is 0 Å². The predicted octanol–water partition coefficient (Wildman–Crippen LogP) is 1.12. The van der Waals surface area contributed by atoms with Gasteiger partial charge in [0.1, 0.15) is 12.4 Å². The largest absolute Gasteiger partial charge is 0.488 e. The van der Waals surface area contributed by atoms with Crippen LogP contribution in [0.2, 0.25) is 0 Å². The van der Waals surface area contributed by atoms with Crippen LogP contribution < -0.4 is 10.5 Å². The summed E-state index contributed by atoms with van der Waals surface area (Å²) < 4.78 is 11.2. The molecule has 1 unspecified atom stereocenters. The van der Waals surface area contributed by atoms with E-state index in [4.69, 9.17) is 20.4 Å². The fourth-order valence-electron chi connectivity index (χ4n) is 1.87. The van der Waals surface area contributed by atoms with Crippen molar-refractivity contribution in [3.05, 3.63) is 24.0 Å². The quantitative estimate of drug-likeness (QED) is 0.362. The highest BCUT2D eigenvalue weighted by Gasteiger charge is 2.16. The lowest BCUT2D eigenvalue weighted by molar-refractivity contribution is -0.0111. The van der Waals surface area contributed by atoms with Crippen molar-refractivity contribution in [3.63, 3.8) is 0 Å². The number of nitrogens with two attached hydrogens (primary N) is 1. The molecular weight excluding hydrogens is 234 g/mol. The summed E-state index contributed by atoms with van der Waals surface area (Å²) in [6, 6.07) is 3.48. The second-order valence-electron chi connectivity index (χ2n) is 4.13. The van der Waals surface area contributed by atoms with Gasteiger partial charge in [0, 0.05) is 12.8 Å². The van der Waals surface area contributed by atoms with E-state index in [0.29, 0.717) is 18.1 Å². The molecule has 1 aromatic heterocycles. The van der Waals surface area contributed by atoms with Gasteiger partial charge in [-0.25, -0.2) is 4.98 Å². The Morgan fingerprint density at radius 2 is 2.50 bits per heavy atom. The molecule has 1 aliphatic rings. The van der Waals surface area contributed by atoms with E-state index in [-0.39, 0.29) is 11.9 Å². The lowest BCUT2D eigenvalue weighted by Crippen LogP contribution is -2.26. The zero-order valence-corrected chi connectivity index (χ0v) is 10.1. The van der Waals surface area contributed by atoms with Crippen LogP contribution in [0.5, 0.6) is 5.75 Å². The maximum absolute atomic E-state index is 8.67. The van der Waals surface area contributed by atoms with Gasteiger partial charge in [-0.05, 0) is 31.4 Å². The predicted molar refractivity (Wildman–Crippen MR) is 65.8 cm³/mol. The van der Waals surface area contributed by atoms with Gasteiger partial charge in [-0.2, -0.15) is 0 Å². The van der Waals surface area contributed by atoms with Gasteiger partial charge in [-0.1, -0.05) is 5.16 Å². The third kappa shape index (κ3) is 3.10. The van der Waals surface area contributed by atoms with Crippen molar-refractivity contribution in [2.45, 2.75) is 25.4 Å². The number of hydrogen-bond acceptors (Lipinski definition) is 5. The molecule has 0 radical (unpaired) electrons. The van der Waals surface area contributed by atoms with Crippen molar-refractivity contribution < 1.29 is 14.7 Å². The molecule has 1 atom stereocenters. The van der Waals surface area contributed by atoms with Gasteiger partial charge in [-0.15, -0.1) is 0 Å². The Balaban J connectivity index is 2.00. The van der Waals surface area contributed by atoms with Crippen molar-refractivity contribution in [2.75, 3.05) is 13.2 Å². The van der Waals surface area contributed by atoms with E-state index < -0.39 is 0 Å². The Morgan fingerprint density at radius 3 is 3.22 bits per heavy atom. The summed E-state index contributed by atoms with van der Waals surface area (Å²) in [5.41, 5.74) is 5.87. The van der Waals surface area contributed by atoms with Gasteiger partial charge in [0.2, 0.25) is 0 Å². The molecule has 0 aromatic carbocycles. The van der Waals surface area contributed by atoms with Crippen LogP contribution in [-0.2, 0) is 4.74 Å². The van der Waals surface area contributed by atoms with E-state index in [2.05, 4.69) is 10.1 Å². The number of nitrogens with zero attached hydrogens (tertiary/aromatic N) is 2. The molecule has 0 aliphatic carbocycles. The molecule has 1 aliphatic heterocycles. The van der Waals surface area contributed by atoms with Crippen molar-refractivity contribution in [1.29, 1.82) is 0 Å². The lowest BCUT2D eigenvalue weighted by atomic mass is 10.1. The zero-order valence-electron chi connectivity index (χ0n) is 10.1. The minimum absolute atomic E-state index is 0.0600. The number of oxime groups is 1. The highest BCUT2D eigenvalue weighted by molar-refractivity contribution is 5.97. The van der Waals surface area contributed by atoms with E-state index in [9.17, 15) is 0 Å². The Kier molecular flexibility index (Phi) is 4.35. The molecule has 0 spiro atoms. The molecule has 0 amide bonds. The number of pyridine rings is 1. The van der Waals surface area contributed by atoms with Crippen LogP contribution in [0.4, 0.5) is 0 Å². The second-order valence-corrected chi connectivity index (χ2v) is 4.13. The Labute approximate surface area is 105 Å². The van der Waals surface area contributed by atoms with E-state index in [1.807, 2.05) is 0 Å². The summed E-state index contributed by atoms with van der Waals surface area (Å²) in [7, 11) is 0. The van der Waals surface area contributed by atoms with Gasteiger partial charge < -0.3 is 20.4 Å². The molecule has 0 saturated carbocycles.